The van der Waals surface area contributed by atoms with Crippen LogP contribution in [0.25, 0.3) is 0 Å². The number of nitrogens with one attached hydrogen (secondary N) is 1. The van der Waals surface area contributed by atoms with Gasteiger partial charge in [0.05, 0.1) is 0 Å². The molecule has 1 atom stereocenters. The molecular weight excluding hydrogens is 264 g/mol. The highest BCUT2D eigenvalue weighted by atomic mass is 32.1. The Morgan fingerprint density at radius 1 is 1.21 bits per heavy atom. The first kappa shape index (κ1) is 14.2. The van der Waals surface area contributed by atoms with E-state index in [1.165, 1.54) is 17.7 Å². The fourth-order valence-electron chi connectivity index (χ4n) is 2.00. The second-order valence-corrected chi connectivity index (χ2v) is 5.30. The molecule has 102 valence electrons. The van der Waals surface area contributed by atoms with Crippen LogP contribution in [0.4, 0.5) is 8.78 Å². The zero-order valence-corrected chi connectivity index (χ0v) is 11.6. The number of hydrogen-bond donors (Lipinski definition) is 1. The van der Waals surface area contributed by atoms with Gasteiger partial charge in [0.1, 0.15) is 0 Å². The zero-order valence-electron chi connectivity index (χ0n) is 10.8. The predicted octanol–water partition coefficient (Wildman–Crippen LogP) is 4.31. The van der Waals surface area contributed by atoms with Crippen LogP contribution in [0.2, 0.25) is 0 Å². The van der Waals surface area contributed by atoms with Gasteiger partial charge in [0, 0.05) is 6.04 Å². The van der Waals surface area contributed by atoms with Gasteiger partial charge in [-0.15, -0.1) is 0 Å². The van der Waals surface area contributed by atoms with E-state index in [1.54, 1.807) is 17.4 Å². The van der Waals surface area contributed by atoms with E-state index >= 15 is 0 Å². The van der Waals surface area contributed by atoms with Gasteiger partial charge in [-0.25, -0.2) is 8.78 Å². The van der Waals surface area contributed by atoms with E-state index in [9.17, 15) is 8.78 Å². The molecule has 2 rings (SSSR count). The lowest BCUT2D eigenvalue weighted by Crippen LogP contribution is -2.24. The number of hydrogen-bond acceptors (Lipinski definition) is 2. The quantitative estimate of drug-likeness (QED) is 0.832. The summed E-state index contributed by atoms with van der Waals surface area (Å²) < 4.78 is 26.3. The Morgan fingerprint density at radius 2 is 2.05 bits per heavy atom. The molecule has 2 aromatic rings. The first-order valence-corrected chi connectivity index (χ1v) is 7.34. The number of rotatable bonds is 6. The Labute approximate surface area is 116 Å². The monoisotopic (exact) mass is 281 g/mol. The Balaban J connectivity index is 2.18. The molecule has 0 aliphatic heterocycles. The van der Waals surface area contributed by atoms with Crippen LogP contribution in [-0.4, -0.2) is 6.54 Å². The second kappa shape index (κ2) is 6.78. The van der Waals surface area contributed by atoms with E-state index < -0.39 is 11.6 Å². The van der Waals surface area contributed by atoms with Crippen molar-refractivity contribution >= 4 is 11.3 Å². The normalized spacial score (nSPS) is 12.6. The molecule has 0 aliphatic carbocycles. The summed E-state index contributed by atoms with van der Waals surface area (Å²) in [5, 5.41) is 7.50. The average Bonchev–Trinajstić information content (AvgIpc) is 2.91. The molecule has 1 heterocycles. The summed E-state index contributed by atoms with van der Waals surface area (Å²) in [5.41, 5.74) is 2.00. The van der Waals surface area contributed by atoms with Crippen molar-refractivity contribution in [1.29, 1.82) is 0 Å². The molecule has 0 saturated carbocycles. The standard InChI is InChI=1S/C15H17F2NS/c1-2-6-18-15(8-11-5-7-19-10-11)12-3-4-13(16)14(17)9-12/h3-5,7,9-10,15,18H,2,6,8H2,1H3. The smallest absolute Gasteiger partial charge is 0.159 e. The molecule has 1 unspecified atom stereocenters. The van der Waals surface area contributed by atoms with Gasteiger partial charge in [0.15, 0.2) is 11.6 Å². The highest BCUT2D eigenvalue weighted by molar-refractivity contribution is 7.07. The fraction of sp³-hybridized carbons (Fsp3) is 0.333. The minimum Gasteiger partial charge on any atom is -0.310 e. The maximum Gasteiger partial charge on any atom is 0.159 e. The number of benzene rings is 1. The van der Waals surface area contributed by atoms with E-state index in [-0.39, 0.29) is 6.04 Å². The van der Waals surface area contributed by atoms with E-state index in [4.69, 9.17) is 0 Å². The van der Waals surface area contributed by atoms with Crippen LogP contribution in [-0.2, 0) is 6.42 Å². The zero-order chi connectivity index (χ0) is 13.7. The average molecular weight is 281 g/mol. The Hall–Kier alpha value is -1.26. The van der Waals surface area contributed by atoms with Crippen LogP contribution in [0.1, 0.15) is 30.5 Å². The lowest BCUT2D eigenvalue weighted by atomic mass is 10.00. The van der Waals surface area contributed by atoms with Gasteiger partial charge in [-0.3, -0.25) is 0 Å². The van der Waals surface area contributed by atoms with Crippen LogP contribution < -0.4 is 5.32 Å². The van der Waals surface area contributed by atoms with E-state index in [0.29, 0.717) is 0 Å². The van der Waals surface area contributed by atoms with Crippen molar-refractivity contribution in [2.45, 2.75) is 25.8 Å². The molecule has 1 N–H and O–H groups in total. The molecular formula is C15H17F2NS. The van der Waals surface area contributed by atoms with Crippen molar-refractivity contribution in [3.8, 4) is 0 Å². The topological polar surface area (TPSA) is 12.0 Å². The highest BCUT2D eigenvalue weighted by Crippen LogP contribution is 2.21. The number of halogens is 2. The largest absolute Gasteiger partial charge is 0.310 e. The second-order valence-electron chi connectivity index (χ2n) is 4.52. The summed E-state index contributed by atoms with van der Waals surface area (Å²) in [5.74, 6) is -1.58. The van der Waals surface area contributed by atoms with Crippen LogP contribution >= 0.6 is 11.3 Å². The predicted molar refractivity (Wildman–Crippen MR) is 75.4 cm³/mol. The highest BCUT2D eigenvalue weighted by Gasteiger charge is 2.14. The molecule has 1 nitrogen and oxygen atoms in total. The maximum atomic E-state index is 13.3. The van der Waals surface area contributed by atoms with Crippen molar-refractivity contribution < 1.29 is 8.78 Å². The molecule has 0 fully saturated rings. The van der Waals surface area contributed by atoms with Gasteiger partial charge in [0.25, 0.3) is 0 Å². The maximum absolute atomic E-state index is 13.3. The first-order chi connectivity index (χ1) is 9.20. The van der Waals surface area contributed by atoms with Gasteiger partial charge in [0.2, 0.25) is 0 Å². The molecule has 0 spiro atoms. The van der Waals surface area contributed by atoms with E-state index in [1.807, 2.05) is 5.38 Å². The van der Waals surface area contributed by atoms with Crippen molar-refractivity contribution in [3.63, 3.8) is 0 Å². The summed E-state index contributed by atoms with van der Waals surface area (Å²) in [6.45, 7) is 2.94. The third kappa shape index (κ3) is 3.85. The first-order valence-electron chi connectivity index (χ1n) is 6.40. The van der Waals surface area contributed by atoms with Crippen molar-refractivity contribution in [2.75, 3.05) is 6.54 Å². The van der Waals surface area contributed by atoms with Gasteiger partial charge < -0.3 is 5.32 Å². The molecule has 0 amide bonds. The molecule has 0 bridgehead atoms. The number of thiophene rings is 1. The summed E-state index contributed by atoms with van der Waals surface area (Å²) in [6.07, 6.45) is 1.79. The lowest BCUT2D eigenvalue weighted by Gasteiger charge is -2.18. The van der Waals surface area contributed by atoms with Crippen molar-refractivity contribution in [3.05, 3.63) is 57.8 Å². The van der Waals surface area contributed by atoms with E-state index in [2.05, 4.69) is 23.7 Å². The summed E-state index contributed by atoms with van der Waals surface area (Å²) in [4.78, 5) is 0. The van der Waals surface area contributed by atoms with Gasteiger partial charge in [-0.2, -0.15) is 11.3 Å². The Morgan fingerprint density at radius 3 is 2.68 bits per heavy atom. The molecule has 1 aromatic carbocycles. The SMILES string of the molecule is CCCNC(Cc1ccsc1)c1ccc(F)c(F)c1. The summed E-state index contributed by atoms with van der Waals surface area (Å²) >= 11 is 1.64. The Kier molecular flexibility index (Phi) is 5.05. The molecule has 0 aliphatic rings. The van der Waals surface area contributed by atoms with Gasteiger partial charge in [-0.1, -0.05) is 13.0 Å². The van der Waals surface area contributed by atoms with Crippen molar-refractivity contribution in [2.24, 2.45) is 0 Å². The molecule has 1 aromatic heterocycles. The minimum atomic E-state index is -0.798. The molecule has 0 radical (unpaired) electrons. The summed E-state index contributed by atoms with van der Waals surface area (Å²) in [7, 11) is 0. The van der Waals surface area contributed by atoms with E-state index in [0.717, 1.165) is 24.9 Å². The Bertz CT molecular complexity index is 511. The minimum absolute atomic E-state index is 0.0182. The van der Waals surface area contributed by atoms with Crippen molar-refractivity contribution in [1.82, 2.24) is 5.32 Å². The third-order valence-corrected chi connectivity index (χ3v) is 3.74. The van der Waals surface area contributed by atoms with Gasteiger partial charge in [-0.05, 0) is 59.5 Å². The molecule has 19 heavy (non-hydrogen) atoms. The van der Waals surface area contributed by atoms with Crippen LogP contribution in [0, 0.1) is 11.6 Å². The summed E-state index contributed by atoms with van der Waals surface area (Å²) in [6, 6.07) is 6.21. The molecule has 0 saturated heterocycles. The molecule has 4 heteroatoms. The lowest BCUT2D eigenvalue weighted by molar-refractivity contribution is 0.493. The third-order valence-electron chi connectivity index (χ3n) is 3.01. The van der Waals surface area contributed by atoms with Crippen LogP contribution in [0.3, 0.4) is 0 Å². The van der Waals surface area contributed by atoms with Crippen LogP contribution in [0.5, 0.6) is 0 Å². The van der Waals surface area contributed by atoms with Crippen LogP contribution in [0.15, 0.2) is 35.0 Å². The van der Waals surface area contributed by atoms with Gasteiger partial charge >= 0.3 is 0 Å². The fourth-order valence-corrected chi connectivity index (χ4v) is 2.68.